The van der Waals surface area contributed by atoms with Crippen LogP contribution in [0.25, 0.3) is 0 Å². The van der Waals surface area contributed by atoms with Crippen LogP contribution in [0.2, 0.25) is 0 Å². The number of hydrogen-bond acceptors (Lipinski definition) is 6. The molecule has 2 heterocycles. The van der Waals surface area contributed by atoms with Crippen LogP contribution in [-0.2, 0) is 4.79 Å². The summed E-state index contributed by atoms with van der Waals surface area (Å²) in [6.45, 7) is 0. The molecule has 0 aliphatic carbocycles. The van der Waals surface area contributed by atoms with E-state index in [4.69, 9.17) is 11.5 Å². The van der Waals surface area contributed by atoms with Crippen LogP contribution in [0.4, 0.5) is 10.7 Å². The van der Waals surface area contributed by atoms with Gasteiger partial charge in [0.2, 0.25) is 5.91 Å². The lowest BCUT2D eigenvalue weighted by Crippen LogP contribution is -2.17. The number of primary amides is 1. The Balaban J connectivity index is 1.91. The summed E-state index contributed by atoms with van der Waals surface area (Å²) in [7, 11) is 0. The van der Waals surface area contributed by atoms with Crippen molar-refractivity contribution >= 4 is 45.6 Å². The molecule has 0 saturated heterocycles. The Bertz CT molecular complexity index is 625. The molecule has 2 amide bonds. The van der Waals surface area contributed by atoms with Crippen molar-refractivity contribution in [1.29, 1.82) is 0 Å². The number of carbonyl (C=O) groups excluding carboxylic acids is 2. The first kappa shape index (κ1) is 14.4. The number of nitrogens with one attached hydrogen (secondary N) is 1. The van der Waals surface area contributed by atoms with Crippen molar-refractivity contribution in [3.05, 3.63) is 35.3 Å². The van der Waals surface area contributed by atoms with Gasteiger partial charge in [-0.05, 0) is 23.6 Å². The quantitative estimate of drug-likeness (QED) is 0.726. The van der Waals surface area contributed by atoms with Gasteiger partial charge in [0.1, 0.15) is 5.00 Å². The summed E-state index contributed by atoms with van der Waals surface area (Å²) in [5.74, 6) is -0.597. The van der Waals surface area contributed by atoms with E-state index in [1.54, 1.807) is 23.6 Å². The second-order valence-corrected chi connectivity index (χ2v) is 5.71. The highest BCUT2D eigenvalue weighted by atomic mass is 32.2. The number of carbonyl (C=O) groups is 2. The fourth-order valence-corrected chi connectivity index (χ4v) is 2.83. The summed E-state index contributed by atoms with van der Waals surface area (Å²) >= 11 is 2.54. The number of pyridine rings is 1. The van der Waals surface area contributed by atoms with Crippen molar-refractivity contribution < 1.29 is 9.59 Å². The van der Waals surface area contributed by atoms with Crippen LogP contribution >= 0.6 is 23.1 Å². The zero-order valence-electron chi connectivity index (χ0n) is 10.3. The third-order valence-electron chi connectivity index (χ3n) is 2.29. The average Bonchev–Trinajstić information content (AvgIpc) is 2.86. The molecule has 2 aromatic rings. The zero-order valence-corrected chi connectivity index (χ0v) is 12.0. The summed E-state index contributed by atoms with van der Waals surface area (Å²) in [4.78, 5) is 27.0. The van der Waals surface area contributed by atoms with E-state index < -0.39 is 5.91 Å². The molecule has 0 aromatic carbocycles. The van der Waals surface area contributed by atoms with E-state index in [0.29, 0.717) is 21.3 Å². The van der Waals surface area contributed by atoms with Gasteiger partial charge in [0, 0.05) is 0 Å². The number of nitrogen functional groups attached to an aromatic ring is 1. The Morgan fingerprint density at radius 3 is 2.80 bits per heavy atom. The molecule has 2 aromatic heterocycles. The van der Waals surface area contributed by atoms with Crippen LogP contribution in [0, 0.1) is 0 Å². The molecule has 20 heavy (non-hydrogen) atoms. The topological polar surface area (TPSA) is 111 Å². The number of nitrogens with two attached hydrogens (primary N) is 2. The smallest absolute Gasteiger partial charge is 0.251 e. The van der Waals surface area contributed by atoms with Crippen molar-refractivity contribution in [3.8, 4) is 0 Å². The van der Waals surface area contributed by atoms with Gasteiger partial charge in [-0.15, -0.1) is 11.3 Å². The highest BCUT2D eigenvalue weighted by molar-refractivity contribution is 7.99. The number of thioether (sulfide) groups is 1. The summed E-state index contributed by atoms with van der Waals surface area (Å²) in [6.07, 6.45) is 1.53. The van der Waals surface area contributed by atoms with Crippen molar-refractivity contribution in [2.45, 2.75) is 5.03 Å². The predicted molar refractivity (Wildman–Crippen MR) is 80.8 cm³/mol. The Morgan fingerprint density at radius 1 is 1.35 bits per heavy atom. The van der Waals surface area contributed by atoms with Gasteiger partial charge in [-0.3, -0.25) is 9.59 Å². The standard InChI is InChI=1S/C12H12N4O2S2/c13-7-1-2-10(15-5-7)20-6-9(17)16-12-8(11(14)18)3-4-19-12/h1-5H,6,13H2,(H2,14,18)(H,16,17). The lowest BCUT2D eigenvalue weighted by atomic mass is 10.3. The average molecular weight is 308 g/mol. The van der Waals surface area contributed by atoms with Gasteiger partial charge in [0.25, 0.3) is 5.91 Å². The minimum Gasteiger partial charge on any atom is -0.397 e. The molecule has 0 unspecified atom stereocenters. The minimum absolute atomic E-state index is 0.188. The molecule has 0 saturated carbocycles. The van der Waals surface area contributed by atoms with Gasteiger partial charge in [-0.25, -0.2) is 4.98 Å². The molecule has 0 radical (unpaired) electrons. The molecule has 0 atom stereocenters. The van der Waals surface area contributed by atoms with Crippen molar-refractivity contribution in [2.24, 2.45) is 5.73 Å². The molecule has 0 aliphatic heterocycles. The Morgan fingerprint density at radius 2 is 2.15 bits per heavy atom. The molecule has 0 aliphatic rings. The number of anilines is 2. The van der Waals surface area contributed by atoms with Crippen LogP contribution < -0.4 is 16.8 Å². The van der Waals surface area contributed by atoms with Gasteiger partial charge in [0.05, 0.1) is 28.2 Å². The normalized spacial score (nSPS) is 10.2. The third kappa shape index (κ3) is 3.72. The number of amides is 2. The molecule has 6 nitrogen and oxygen atoms in total. The summed E-state index contributed by atoms with van der Waals surface area (Å²) < 4.78 is 0. The largest absolute Gasteiger partial charge is 0.397 e. The molecular formula is C12H12N4O2S2. The van der Waals surface area contributed by atoms with Crippen molar-refractivity contribution in [2.75, 3.05) is 16.8 Å². The van der Waals surface area contributed by atoms with E-state index in [1.165, 1.54) is 29.3 Å². The molecule has 5 N–H and O–H groups in total. The second-order valence-electron chi connectivity index (χ2n) is 3.79. The van der Waals surface area contributed by atoms with Gasteiger partial charge < -0.3 is 16.8 Å². The lowest BCUT2D eigenvalue weighted by Gasteiger charge is -2.04. The monoisotopic (exact) mass is 308 g/mol. The zero-order chi connectivity index (χ0) is 14.5. The van der Waals surface area contributed by atoms with Gasteiger partial charge in [0.15, 0.2) is 0 Å². The number of hydrogen-bond donors (Lipinski definition) is 3. The summed E-state index contributed by atoms with van der Waals surface area (Å²) in [5, 5.41) is 5.53. The summed E-state index contributed by atoms with van der Waals surface area (Å²) in [6, 6.07) is 5.04. The van der Waals surface area contributed by atoms with Gasteiger partial charge >= 0.3 is 0 Å². The van der Waals surface area contributed by atoms with E-state index in [1.807, 2.05) is 0 Å². The lowest BCUT2D eigenvalue weighted by molar-refractivity contribution is -0.113. The van der Waals surface area contributed by atoms with Crippen molar-refractivity contribution in [1.82, 2.24) is 4.98 Å². The van der Waals surface area contributed by atoms with Crippen LogP contribution in [0.15, 0.2) is 34.8 Å². The Kier molecular flexibility index (Phi) is 4.59. The predicted octanol–water partition coefficient (Wildman–Crippen LogP) is 1.55. The number of aromatic nitrogens is 1. The van der Waals surface area contributed by atoms with E-state index in [0.717, 1.165) is 0 Å². The second kappa shape index (κ2) is 6.40. The number of nitrogens with zero attached hydrogens (tertiary/aromatic N) is 1. The maximum absolute atomic E-state index is 11.8. The number of thiophene rings is 1. The number of rotatable bonds is 5. The van der Waals surface area contributed by atoms with Crippen LogP contribution in [-0.4, -0.2) is 22.6 Å². The Labute approximate surface area is 123 Å². The van der Waals surface area contributed by atoms with E-state index in [-0.39, 0.29) is 11.7 Å². The van der Waals surface area contributed by atoms with Crippen LogP contribution in [0.3, 0.4) is 0 Å². The molecule has 8 heteroatoms. The first-order chi connectivity index (χ1) is 9.56. The van der Waals surface area contributed by atoms with Crippen LogP contribution in [0.5, 0.6) is 0 Å². The van der Waals surface area contributed by atoms with E-state index in [2.05, 4.69) is 10.3 Å². The summed E-state index contributed by atoms with van der Waals surface area (Å²) in [5.41, 5.74) is 11.6. The first-order valence-electron chi connectivity index (χ1n) is 5.57. The minimum atomic E-state index is -0.561. The van der Waals surface area contributed by atoms with Gasteiger partial charge in [-0.2, -0.15) is 0 Å². The fraction of sp³-hybridized carbons (Fsp3) is 0.0833. The van der Waals surface area contributed by atoms with E-state index >= 15 is 0 Å². The highest BCUT2D eigenvalue weighted by Gasteiger charge is 2.12. The maximum Gasteiger partial charge on any atom is 0.251 e. The van der Waals surface area contributed by atoms with Gasteiger partial charge in [-0.1, -0.05) is 11.8 Å². The molecule has 0 fully saturated rings. The van der Waals surface area contributed by atoms with Crippen LogP contribution in [0.1, 0.15) is 10.4 Å². The molecule has 0 spiro atoms. The Hall–Kier alpha value is -2.06. The maximum atomic E-state index is 11.8. The SMILES string of the molecule is NC(=O)c1ccsc1NC(=O)CSc1ccc(N)cn1. The first-order valence-corrected chi connectivity index (χ1v) is 7.44. The third-order valence-corrected chi connectivity index (χ3v) is 4.07. The van der Waals surface area contributed by atoms with Crippen molar-refractivity contribution in [3.63, 3.8) is 0 Å². The molecule has 2 rings (SSSR count). The molecule has 104 valence electrons. The molecule has 0 bridgehead atoms. The fourth-order valence-electron chi connectivity index (χ4n) is 1.38. The highest BCUT2D eigenvalue weighted by Crippen LogP contribution is 2.23. The van der Waals surface area contributed by atoms with E-state index in [9.17, 15) is 9.59 Å². The molecular weight excluding hydrogens is 296 g/mol.